The topological polar surface area (TPSA) is 106 Å². The fraction of sp³-hybridized carbons (Fsp3) is 0.167. The molecule has 0 atom stereocenters. The van der Waals surface area contributed by atoms with E-state index in [1.54, 1.807) is 23.9 Å². The third-order valence-electron chi connectivity index (χ3n) is 3.95. The maximum atomic E-state index is 12.5. The molecule has 1 amide bonds. The third-order valence-corrected chi connectivity index (χ3v) is 5.37. The van der Waals surface area contributed by atoms with Crippen LogP contribution in [0.3, 0.4) is 0 Å². The van der Waals surface area contributed by atoms with E-state index in [0.717, 1.165) is 11.1 Å². The van der Waals surface area contributed by atoms with E-state index in [9.17, 15) is 13.2 Å². The van der Waals surface area contributed by atoms with E-state index < -0.39 is 15.9 Å². The molecule has 0 radical (unpaired) electrons. The number of amides is 1. The van der Waals surface area contributed by atoms with E-state index in [2.05, 4.69) is 26.7 Å². The summed E-state index contributed by atoms with van der Waals surface area (Å²) in [5.41, 5.74) is 2.24. The van der Waals surface area contributed by atoms with E-state index in [4.69, 9.17) is 0 Å². The van der Waals surface area contributed by atoms with Crippen LogP contribution in [0.1, 0.15) is 16.1 Å². The van der Waals surface area contributed by atoms with Crippen molar-refractivity contribution in [3.8, 4) is 0 Å². The second kappa shape index (κ2) is 7.29. The Balaban J connectivity index is 1.85. The highest BCUT2D eigenvalue weighted by Crippen LogP contribution is 2.20. The Labute approximate surface area is 157 Å². The van der Waals surface area contributed by atoms with E-state index in [0.29, 0.717) is 11.3 Å². The van der Waals surface area contributed by atoms with Gasteiger partial charge in [-0.25, -0.2) is 18.1 Å². The van der Waals surface area contributed by atoms with Crippen LogP contribution in [0.25, 0.3) is 11.0 Å². The van der Waals surface area contributed by atoms with Gasteiger partial charge in [-0.1, -0.05) is 12.1 Å². The lowest BCUT2D eigenvalue weighted by molar-refractivity contribution is 0.102. The molecule has 0 bridgehead atoms. The van der Waals surface area contributed by atoms with Crippen LogP contribution in [0.15, 0.2) is 54.1 Å². The average molecular weight is 385 g/mol. The van der Waals surface area contributed by atoms with E-state index >= 15 is 0 Å². The number of hydrogen-bond acceptors (Lipinski definition) is 5. The van der Waals surface area contributed by atoms with Crippen LogP contribution >= 0.6 is 0 Å². The fourth-order valence-corrected chi connectivity index (χ4v) is 3.68. The quantitative estimate of drug-likeness (QED) is 0.631. The van der Waals surface area contributed by atoms with Gasteiger partial charge in [0, 0.05) is 24.5 Å². The summed E-state index contributed by atoms with van der Waals surface area (Å²) in [7, 11) is -1.91. The zero-order valence-corrected chi connectivity index (χ0v) is 15.7. The second-order valence-electron chi connectivity index (χ2n) is 5.93. The first-order valence-electron chi connectivity index (χ1n) is 8.13. The van der Waals surface area contributed by atoms with Crippen molar-refractivity contribution in [1.82, 2.24) is 19.5 Å². The van der Waals surface area contributed by atoms with Gasteiger partial charge >= 0.3 is 0 Å². The first-order chi connectivity index (χ1) is 12.8. The number of aromatic nitrogens is 3. The molecule has 27 heavy (non-hydrogen) atoms. The molecule has 140 valence electrons. The van der Waals surface area contributed by atoms with Crippen molar-refractivity contribution in [2.75, 3.05) is 11.9 Å². The van der Waals surface area contributed by atoms with Crippen LogP contribution in [-0.2, 0) is 17.1 Å². The van der Waals surface area contributed by atoms with Crippen LogP contribution in [0.4, 0.5) is 5.69 Å². The van der Waals surface area contributed by atoms with Gasteiger partial charge in [-0.05, 0) is 31.2 Å². The molecule has 9 heteroatoms. The number of nitrogens with zero attached hydrogens (tertiary/aromatic N) is 3. The Kier molecular flexibility index (Phi) is 5.06. The molecule has 2 heterocycles. The number of nitrogens with one attached hydrogen (secondary N) is 2. The molecule has 3 rings (SSSR count). The van der Waals surface area contributed by atoms with Gasteiger partial charge in [-0.2, -0.15) is 5.10 Å². The smallest absolute Gasteiger partial charge is 0.255 e. The van der Waals surface area contributed by atoms with E-state index in [-0.39, 0.29) is 17.0 Å². The van der Waals surface area contributed by atoms with E-state index in [1.807, 2.05) is 6.92 Å². The molecule has 2 N–H and O–H groups in total. The number of sulfonamides is 1. The summed E-state index contributed by atoms with van der Waals surface area (Å²) < 4.78 is 28.4. The summed E-state index contributed by atoms with van der Waals surface area (Å²) in [6.45, 7) is 5.44. The highest BCUT2D eigenvalue weighted by molar-refractivity contribution is 7.89. The van der Waals surface area contributed by atoms with Crippen molar-refractivity contribution < 1.29 is 13.2 Å². The molecule has 0 fully saturated rings. The maximum Gasteiger partial charge on any atom is 0.255 e. The average Bonchev–Trinajstić information content (AvgIpc) is 2.93. The number of benzene rings is 1. The van der Waals surface area contributed by atoms with Crippen LogP contribution < -0.4 is 10.0 Å². The lowest BCUT2D eigenvalue weighted by atomic mass is 10.2. The summed E-state index contributed by atoms with van der Waals surface area (Å²) in [6, 6.07) is 7.60. The summed E-state index contributed by atoms with van der Waals surface area (Å²) in [5.74, 6) is -0.432. The molecular weight excluding hydrogens is 366 g/mol. The van der Waals surface area contributed by atoms with Crippen LogP contribution in [0.5, 0.6) is 0 Å². The van der Waals surface area contributed by atoms with Crippen molar-refractivity contribution in [1.29, 1.82) is 0 Å². The molecular formula is C18H19N5O3S. The number of carbonyl (C=O) groups excluding carboxylic acids is 1. The lowest BCUT2D eigenvalue weighted by Gasteiger charge is -2.08. The van der Waals surface area contributed by atoms with E-state index in [1.165, 1.54) is 30.5 Å². The van der Waals surface area contributed by atoms with Gasteiger partial charge in [0.05, 0.1) is 22.5 Å². The Morgan fingerprint density at radius 2 is 2.11 bits per heavy atom. The van der Waals surface area contributed by atoms with Gasteiger partial charge in [0.2, 0.25) is 10.0 Å². The minimum Gasteiger partial charge on any atom is -0.321 e. The van der Waals surface area contributed by atoms with Crippen molar-refractivity contribution in [3.63, 3.8) is 0 Å². The fourth-order valence-electron chi connectivity index (χ4n) is 2.64. The number of aryl methyl sites for hydroxylation is 2. The first kappa shape index (κ1) is 18.7. The number of rotatable bonds is 6. The first-order valence-corrected chi connectivity index (χ1v) is 9.61. The molecule has 0 saturated carbocycles. The molecule has 3 aromatic rings. The molecule has 0 aliphatic heterocycles. The molecule has 0 saturated heterocycles. The number of hydrogen-bond donors (Lipinski definition) is 2. The number of pyridine rings is 1. The largest absolute Gasteiger partial charge is 0.321 e. The molecule has 2 aromatic heterocycles. The number of anilines is 1. The zero-order chi connectivity index (χ0) is 19.6. The molecule has 0 aliphatic carbocycles. The highest BCUT2D eigenvalue weighted by atomic mass is 32.2. The van der Waals surface area contributed by atoms with Crippen LogP contribution in [0, 0.1) is 6.92 Å². The monoisotopic (exact) mass is 385 g/mol. The van der Waals surface area contributed by atoms with Gasteiger partial charge in [0.1, 0.15) is 0 Å². The predicted molar refractivity (Wildman–Crippen MR) is 103 cm³/mol. The zero-order valence-electron chi connectivity index (χ0n) is 14.9. The summed E-state index contributed by atoms with van der Waals surface area (Å²) in [5, 5.41) is 7.86. The Morgan fingerprint density at radius 3 is 2.85 bits per heavy atom. The number of fused-ring (bicyclic) bond motifs is 1. The van der Waals surface area contributed by atoms with Crippen molar-refractivity contribution in [2.45, 2.75) is 11.8 Å². The molecule has 0 spiro atoms. The van der Waals surface area contributed by atoms with Gasteiger partial charge in [-0.15, -0.1) is 6.58 Å². The minimum absolute atomic E-state index is 0.00804. The Morgan fingerprint density at radius 1 is 1.33 bits per heavy atom. The highest BCUT2D eigenvalue weighted by Gasteiger charge is 2.16. The maximum absolute atomic E-state index is 12.5. The SMILES string of the molecule is C=CCNS(=O)(=O)c1cccc(C(=O)Nc2cnc3c(c2)c(C)nn3C)c1. The summed E-state index contributed by atoms with van der Waals surface area (Å²) >= 11 is 0. The second-order valence-corrected chi connectivity index (χ2v) is 7.69. The van der Waals surface area contributed by atoms with Gasteiger partial charge in [0.15, 0.2) is 5.65 Å². The third kappa shape index (κ3) is 3.88. The Bertz CT molecular complexity index is 1140. The lowest BCUT2D eigenvalue weighted by Crippen LogP contribution is -2.24. The van der Waals surface area contributed by atoms with Crippen LogP contribution in [0.2, 0.25) is 0 Å². The predicted octanol–water partition coefficient (Wildman–Crippen LogP) is 1.99. The summed E-state index contributed by atoms with van der Waals surface area (Å²) in [6.07, 6.45) is 2.98. The molecule has 0 unspecified atom stereocenters. The normalized spacial score (nSPS) is 11.5. The van der Waals surface area contributed by atoms with Gasteiger partial charge < -0.3 is 5.32 Å². The molecule has 8 nitrogen and oxygen atoms in total. The standard InChI is InChI=1S/C18H19N5O3S/c1-4-8-20-27(25,26)15-7-5-6-13(9-15)18(24)21-14-10-16-12(2)22-23(3)17(16)19-11-14/h4-7,9-11,20H,1,8H2,2-3H3,(H,21,24). The van der Waals surface area contributed by atoms with Crippen molar-refractivity contribution in [3.05, 3.63) is 60.4 Å². The Hall–Kier alpha value is -3.04. The minimum atomic E-state index is -3.71. The summed E-state index contributed by atoms with van der Waals surface area (Å²) in [4.78, 5) is 16.9. The molecule has 1 aromatic carbocycles. The molecule has 0 aliphatic rings. The van der Waals surface area contributed by atoms with Crippen molar-refractivity contribution >= 4 is 32.7 Å². The van der Waals surface area contributed by atoms with Crippen LogP contribution in [-0.4, -0.2) is 35.6 Å². The van der Waals surface area contributed by atoms with Gasteiger partial charge in [-0.3, -0.25) is 9.48 Å². The van der Waals surface area contributed by atoms with Gasteiger partial charge in [0.25, 0.3) is 5.91 Å². The number of carbonyl (C=O) groups is 1. The van der Waals surface area contributed by atoms with Crippen molar-refractivity contribution in [2.24, 2.45) is 7.05 Å².